The Bertz CT molecular complexity index is 770. The lowest BCUT2D eigenvalue weighted by molar-refractivity contribution is 0.302. The van der Waals surface area contributed by atoms with Gasteiger partial charge in [-0.2, -0.15) is 0 Å². The summed E-state index contributed by atoms with van der Waals surface area (Å²) in [7, 11) is 0. The third-order valence-electron chi connectivity index (χ3n) is 3.74. The minimum atomic E-state index is 0.475. The second kappa shape index (κ2) is 7.63. The Kier molecular flexibility index (Phi) is 5.09. The van der Waals surface area contributed by atoms with Gasteiger partial charge in [0.25, 0.3) is 0 Å². The number of aromatic nitrogens is 1. The highest BCUT2D eigenvalue weighted by Crippen LogP contribution is 2.19. The van der Waals surface area contributed by atoms with Gasteiger partial charge in [-0.05, 0) is 30.7 Å². The molecular formula is C20H22N2O. The van der Waals surface area contributed by atoms with Crippen LogP contribution in [0.4, 0.5) is 5.69 Å². The summed E-state index contributed by atoms with van der Waals surface area (Å²) in [4.78, 5) is 4.63. The van der Waals surface area contributed by atoms with Crippen LogP contribution in [0.3, 0.4) is 0 Å². The maximum Gasteiger partial charge on any atom is 0.130 e. The number of hydrogen-bond donors (Lipinski definition) is 1. The summed E-state index contributed by atoms with van der Waals surface area (Å²) in [6.45, 7) is 3.66. The summed E-state index contributed by atoms with van der Waals surface area (Å²) in [6, 6.07) is 20.3. The molecule has 2 aromatic carbocycles. The molecule has 23 heavy (non-hydrogen) atoms. The van der Waals surface area contributed by atoms with E-state index in [9.17, 15) is 0 Å². The predicted molar refractivity (Wildman–Crippen MR) is 95.9 cm³/mol. The molecule has 1 N–H and O–H groups in total. The van der Waals surface area contributed by atoms with Crippen molar-refractivity contribution >= 4 is 16.6 Å². The van der Waals surface area contributed by atoms with Crippen LogP contribution in [-0.2, 0) is 6.61 Å². The number of nitrogens with zero attached hydrogens (tertiary/aromatic N) is 1. The van der Waals surface area contributed by atoms with Gasteiger partial charge in [-0.25, -0.2) is 4.98 Å². The molecule has 0 aliphatic carbocycles. The van der Waals surface area contributed by atoms with Gasteiger partial charge in [-0.1, -0.05) is 43.7 Å². The molecule has 0 atom stereocenters. The average Bonchev–Trinajstić information content (AvgIpc) is 2.60. The molecule has 0 aliphatic heterocycles. The topological polar surface area (TPSA) is 34.1 Å². The standard InChI is InChI=1S/C20H22N2O/c1-2-3-13-21-17-8-6-9-19(14-17)23-15-18-12-11-16-7-4-5-10-20(16)22-18/h4-12,14,21H,2-3,13,15H2,1H3. The van der Waals surface area contributed by atoms with E-state index in [1.165, 1.54) is 12.8 Å². The monoisotopic (exact) mass is 306 g/mol. The highest BCUT2D eigenvalue weighted by atomic mass is 16.5. The first-order valence-electron chi connectivity index (χ1n) is 8.16. The zero-order valence-electron chi connectivity index (χ0n) is 13.5. The van der Waals surface area contributed by atoms with Crippen molar-refractivity contribution in [3.8, 4) is 5.75 Å². The summed E-state index contributed by atoms with van der Waals surface area (Å²) < 4.78 is 5.89. The number of anilines is 1. The number of unbranched alkanes of at least 4 members (excludes halogenated alkanes) is 1. The molecule has 0 saturated carbocycles. The van der Waals surface area contributed by atoms with Crippen LogP contribution in [0.1, 0.15) is 25.5 Å². The van der Waals surface area contributed by atoms with E-state index < -0.39 is 0 Å². The number of fused-ring (bicyclic) bond motifs is 1. The van der Waals surface area contributed by atoms with Crippen LogP contribution in [0, 0.1) is 0 Å². The van der Waals surface area contributed by atoms with Crippen LogP contribution in [0.2, 0.25) is 0 Å². The zero-order valence-corrected chi connectivity index (χ0v) is 13.5. The van der Waals surface area contributed by atoms with Crippen molar-refractivity contribution in [2.24, 2.45) is 0 Å². The lowest BCUT2D eigenvalue weighted by atomic mass is 10.2. The second-order valence-electron chi connectivity index (χ2n) is 5.59. The van der Waals surface area contributed by atoms with Crippen LogP contribution in [0.5, 0.6) is 5.75 Å². The highest BCUT2D eigenvalue weighted by molar-refractivity contribution is 5.78. The van der Waals surface area contributed by atoms with Gasteiger partial charge < -0.3 is 10.1 Å². The molecule has 0 fully saturated rings. The quantitative estimate of drug-likeness (QED) is 0.622. The lowest BCUT2D eigenvalue weighted by Crippen LogP contribution is -2.02. The fourth-order valence-electron chi connectivity index (χ4n) is 2.45. The second-order valence-corrected chi connectivity index (χ2v) is 5.59. The smallest absolute Gasteiger partial charge is 0.130 e. The Morgan fingerprint density at radius 3 is 2.83 bits per heavy atom. The molecule has 0 bridgehead atoms. The highest BCUT2D eigenvalue weighted by Gasteiger charge is 2.01. The molecule has 1 aromatic heterocycles. The van der Waals surface area contributed by atoms with Gasteiger partial charge in [-0.3, -0.25) is 0 Å². The van der Waals surface area contributed by atoms with Crippen LogP contribution in [0.15, 0.2) is 60.7 Å². The minimum absolute atomic E-state index is 0.475. The van der Waals surface area contributed by atoms with Gasteiger partial charge >= 0.3 is 0 Å². The number of nitrogens with one attached hydrogen (secondary N) is 1. The van der Waals surface area contributed by atoms with E-state index in [1.54, 1.807) is 0 Å². The average molecular weight is 306 g/mol. The maximum atomic E-state index is 5.89. The minimum Gasteiger partial charge on any atom is -0.487 e. The molecule has 3 rings (SSSR count). The maximum absolute atomic E-state index is 5.89. The zero-order chi connectivity index (χ0) is 15.9. The molecule has 0 spiro atoms. The molecule has 118 valence electrons. The number of para-hydroxylation sites is 1. The molecule has 0 amide bonds. The summed E-state index contributed by atoms with van der Waals surface area (Å²) in [5, 5.41) is 4.56. The van der Waals surface area contributed by atoms with E-state index in [-0.39, 0.29) is 0 Å². The summed E-state index contributed by atoms with van der Waals surface area (Å²) in [5.74, 6) is 0.862. The lowest BCUT2D eigenvalue weighted by Gasteiger charge is -2.10. The Morgan fingerprint density at radius 1 is 1.00 bits per heavy atom. The number of hydrogen-bond acceptors (Lipinski definition) is 3. The number of rotatable bonds is 7. The van der Waals surface area contributed by atoms with Crippen molar-refractivity contribution in [2.75, 3.05) is 11.9 Å². The van der Waals surface area contributed by atoms with E-state index in [1.807, 2.05) is 42.5 Å². The SMILES string of the molecule is CCCCNc1cccc(OCc2ccc3ccccc3n2)c1. The first kappa shape index (κ1) is 15.3. The van der Waals surface area contributed by atoms with Crippen LogP contribution < -0.4 is 10.1 Å². The Labute approximate surface area is 137 Å². The number of benzene rings is 2. The Balaban J connectivity index is 1.63. The Morgan fingerprint density at radius 2 is 1.91 bits per heavy atom. The molecule has 0 saturated heterocycles. The molecule has 3 aromatic rings. The Hall–Kier alpha value is -2.55. The first-order chi connectivity index (χ1) is 11.3. The van der Waals surface area contributed by atoms with Gasteiger partial charge in [0.2, 0.25) is 0 Å². The van der Waals surface area contributed by atoms with E-state index in [4.69, 9.17) is 4.74 Å². The molecule has 0 unspecified atom stereocenters. The molecule has 1 heterocycles. The van der Waals surface area contributed by atoms with E-state index >= 15 is 0 Å². The summed E-state index contributed by atoms with van der Waals surface area (Å²) >= 11 is 0. The van der Waals surface area contributed by atoms with Crippen molar-refractivity contribution in [3.05, 3.63) is 66.4 Å². The van der Waals surface area contributed by atoms with Crippen LogP contribution in [0.25, 0.3) is 10.9 Å². The van der Waals surface area contributed by atoms with Crippen LogP contribution >= 0.6 is 0 Å². The molecule has 3 nitrogen and oxygen atoms in total. The normalized spacial score (nSPS) is 10.7. The summed E-state index contributed by atoms with van der Waals surface area (Å²) in [6.07, 6.45) is 2.36. The van der Waals surface area contributed by atoms with Crippen LogP contribution in [-0.4, -0.2) is 11.5 Å². The van der Waals surface area contributed by atoms with Crippen molar-refractivity contribution in [3.63, 3.8) is 0 Å². The van der Waals surface area contributed by atoms with E-state index in [0.29, 0.717) is 6.61 Å². The van der Waals surface area contributed by atoms with Gasteiger partial charge in [-0.15, -0.1) is 0 Å². The largest absolute Gasteiger partial charge is 0.487 e. The van der Waals surface area contributed by atoms with Gasteiger partial charge in [0.1, 0.15) is 12.4 Å². The fourth-order valence-corrected chi connectivity index (χ4v) is 2.45. The van der Waals surface area contributed by atoms with E-state index in [0.717, 1.165) is 34.6 Å². The van der Waals surface area contributed by atoms with Crippen molar-refractivity contribution in [1.82, 2.24) is 4.98 Å². The van der Waals surface area contributed by atoms with Gasteiger partial charge in [0.05, 0.1) is 11.2 Å². The summed E-state index contributed by atoms with van der Waals surface area (Å²) in [5.41, 5.74) is 3.04. The van der Waals surface area contributed by atoms with Gasteiger partial charge in [0.15, 0.2) is 0 Å². The first-order valence-corrected chi connectivity index (χ1v) is 8.16. The predicted octanol–water partition coefficient (Wildman–Crippen LogP) is 5.03. The molecular weight excluding hydrogens is 284 g/mol. The molecule has 3 heteroatoms. The van der Waals surface area contributed by atoms with Gasteiger partial charge in [0, 0.05) is 23.7 Å². The number of ether oxygens (including phenoxy) is 1. The molecule has 0 aliphatic rings. The number of pyridine rings is 1. The fraction of sp³-hybridized carbons (Fsp3) is 0.250. The molecule has 0 radical (unpaired) electrons. The third kappa shape index (κ3) is 4.22. The third-order valence-corrected chi connectivity index (χ3v) is 3.74. The van der Waals surface area contributed by atoms with Crippen molar-refractivity contribution in [1.29, 1.82) is 0 Å². The van der Waals surface area contributed by atoms with Crippen molar-refractivity contribution in [2.45, 2.75) is 26.4 Å². The van der Waals surface area contributed by atoms with E-state index in [2.05, 4.69) is 35.4 Å². The van der Waals surface area contributed by atoms with Crippen molar-refractivity contribution < 1.29 is 4.74 Å².